The largest absolute Gasteiger partial charge is 0.497 e. The van der Waals surface area contributed by atoms with Crippen LogP contribution in [-0.2, 0) is 0 Å². The van der Waals surface area contributed by atoms with Crippen LogP contribution in [0.3, 0.4) is 0 Å². The van der Waals surface area contributed by atoms with E-state index in [0.29, 0.717) is 17.9 Å². The molecule has 6 heteroatoms. The molecule has 0 aliphatic rings. The predicted octanol–water partition coefficient (Wildman–Crippen LogP) is 3.92. The molecule has 1 amide bonds. The number of carbonyl (C=O) groups is 1. The number of hydrogen-bond acceptors (Lipinski definition) is 4. The van der Waals surface area contributed by atoms with Crippen molar-refractivity contribution in [2.75, 3.05) is 19.4 Å². The van der Waals surface area contributed by atoms with E-state index in [-0.39, 0.29) is 5.91 Å². The number of hydrogen-bond donors (Lipinski definition) is 2. The van der Waals surface area contributed by atoms with E-state index in [2.05, 4.69) is 46.5 Å². The number of amides is 1. The van der Waals surface area contributed by atoms with Gasteiger partial charge >= 0.3 is 0 Å². The molecule has 0 bridgehead atoms. The van der Waals surface area contributed by atoms with Crippen LogP contribution in [0.5, 0.6) is 5.75 Å². The fourth-order valence-corrected chi connectivity index (χ4v) is 3.14. The van der Waals surface area contributed by atoms with Crippen molar-refractivity contribution in [3.8, 4) is 17.0 Å². The molecule has 0 spiro atoms. The Hall–Kier alpha value is -2.73. The highest BCUT2D eigenvalue weighted by Crippen LogP contribution is 2.21. The molecule has 2 aromatic carbocycles. The lowest BCUT2D eigenvalue weighted by molar-refractivity contribution is 0.0956. The lowest BCUT2D eigenvalue weighted by Gasteiger charge is -2.06. The van der Waals surface area contributed by atoms with Gasteiger partial charge in [-0.1, -0.05) is 47.7 Å². The molecule has 1 aromatic heterocycles. The summed E-state index contributed by atoms with van der Waals surface area (Å²) in [6.07, 6.45) is 1.84. The minimum atomic E-state index is -0.107. The highest BCUT2D eigenvalue weighted by Gasteiger charge is 2.07. The molecule has 134 valence electrons. The minimum absolute atomic E-state index is 0.107. The molecule has 3 rings (SSSR count). The van der Waals surface area contributed by atoms with Crippen LogP contribution >= 0.6 is 11.8 Å². The fourth-order valence-electron chi connectivity index (χ4n) is 2.43. The van der Waals surface area contributed by atoms with Gasteiger partial charge < -0.3 is 15.0 Å². The van der Waals surface area contributed by atoms with Crippen molar-refractivity contribution in [3.05, 3.63) is 65.9 Å². The maximum atomic E-state index is 12.1. The molecular formula is C20H21N3O2S. The maximum Gasteiger partial charge on any atom is 0.251 e. The second-order valence-corrected chi connectivity index (χ2v) is 6.89. The number of thioether (sulfide) groups is 1. The summed E-state index contributed by atoms with van der Waals surface area (Å²) >= 11 is 1.58. The average molecular weight is 367 g/mol. The number of imidazole rings is 1. The van der Waals surface area contributed by atoms with Crippen LogP contribution in [0.15, 0.2) is 59.9 Å². The lowest BCUT2D eigenvalue weighted by Crippen LogP contribution is -2.25. The molecule has 1 heterocycles. The molecule has 0 aliphatic carbocycles. The number of methoxy groups -OCH3 is 1. The van der Waals surface area contributed by atoms with Gasteiger partial charge in [-0.15, -0.1) is 0 Å². The first-order valence-corrected chi connectivity index (χ1v) is 9.31. The van der Waals surface area contributed by atoms with Gasteiger partial charge in [0.05, 0.1) is 19.0 Å². The third kappa shape index (κ3) is 4.67. The molecule has 0 unspecified atom stereocenters. The summed E-state index contributed by atoms with van der Waals surface area (Å²) in [5, 5.41) is 3.75. The summed E-state index contributed by atoms with van der Waals surface area (Å²) in [6, 6.07) is 15.4. The van der Waals surface area contributed by atoms with Gasteiger partial charge in [0.25, 0.3) is 5.91 Å². The van der Waals surface area contributed by atoms with E-state index in [0.717, 1.165) is 22.2 Å². The first-order valence-electron chi connectivity index (χ1n) is 8.33. The van der Waals surface area contributed by atoms with Crippen molar-refractivity contribution in [2.24, 2.45) is 0 Å². The van der Waals surface area contributed by atoms with E-state index in [1.54, 1.807) is 37.1 Å². The SMILES string of the molecule is COc1cccc(C(=O)NCCSc2ncc(-c3ccc(C)cc3)[nH]2)c1. The van der Waals surface area contributed by atoms with Crippen molar-refractivity contribution in [3.63, 3.8) is 0 Å². The summed E-state index contributed by atoms with van der Waals surface area (Å²) in [7, 11) is 1.59. The van der Waals surface area contributed by atoms with E-state index >= 15 is 0 Å². The second-order valence-electron chi connectivity index (χ2n) is 5.80. The molecule has 26 heavy (non-hydrogen) atoms. The number of ether oxygens (including phenoxy) is 1. The number of nitrogens with zero attached hydrogens (tertiary/aromatic N) is 1. The van der Waals surface area contributed by atoms with Crippen LogP contribution in [0.25, 0.3) is 11.3 Å². The molecule has 0 radical (unpaired) electrons. The summed E-state index contributed by atoms with van der Waals surface area (Å²) in [5.41, 5.74) is 3.93. The number of aryl methyl sites for hydroxylation is 1. The van der Waals surface area contributed by atoms with Crippen molar-refractivity contribution >= 4 is 17.7 Å². The summed E-state index contributed by atoms with van der Waals surface area (Å²) < 4.78 is 5.14. The summed E-state index contributed by atoms with van der Waals surface area (Å²) in [6.45, 7) is 2.62. The highest BCUT2D eigenvalue weighted by molar-refractivity contribution is 7.99. The number of carbonyl (C=O) groups excluding carboxylic acids is 1. The molecule has 0 fully saturated rings. The van der Waals surface area contributed by atoms with Gasteiger partial charge in [-0.25, -0.2) is 4.98 Å². The Morgan fingerprint density at radius 3 is 2.81 bits per heavy atom. The van der Waals surface area contributed by atoms with E-state index in [4.69, 9.17) is 4.74 Å². The van der Waals surface area contributed by atoms with Crippen molar-refractivity contribution < 1.29 is 9.53 Å². The molecular weight excluding hydrogens is 346 g/mol. The van der Waals surface area contributed by atoms with Gasteiger partial charge in [-0.3, -0.25) is 4.79 Å². The Kier molecular flexibility index (Phi) is 5.96. The van der Waals surface area contributed by atoms with Gasteiger partial charge in [-0.2, -0.15) is 0 Å². The second kappa shape index (κ2) is 8.58. The molecule has 0 atom stereocenters. The number of aromatic amines is 1. The van der Waals surface area contributed by atoms with Crippen LogP contribution in [0.1, 0.15) is 15.9 Å². The Labute approximate surface area is 157 Å². The molecule has 0 saturated heterocycles. The van der Waals surface area contributed by atoms with Crippen LogP contribution in [0, 0.1) is 6.92 Å². The molecule has 0 aliphatic heterocycles. The first kappa shape index (κ1) is 18.1. The van der Waals surface area contributed by atoms with E-state index in [1.807, 2.05) is 12.3 Å². The minimum Gasteiger partial charge on any atom is -0.497 e. The van der Waals surface area contributed by atoms with Crippen LogP contribution in [0.4, 0.5) is 0 Å². The molecule has 2 N–H and O–H groups in total. The normalized spacial score (nSPS) is 10.5. The number of rotatable bonds is 7. The quantitative estimate of drug-likeness (QED) is 0.491. The number of benzene rings is 2. The third-order valence-corrected chi connectivity index (χ3v) is 4.76. The third-order valence-electron chi connectivity index (χ3n) is 3.87. The Balaban J connectivity index is 1.48. The highest BCUT2D eigenvalue weighted by atomic mass is 32.2. The Bertz CT molecular complexity index is 875. The zero-order chi connectivity index (χ0) is 18.4. The number of H-pyrrole nitrogens is 1. The van der Waals surface area contributed by atoms with E-state index in [1.165, 1.54) is 5.56 Å². The summed E-state index contributed by atoms with van der Waals surface area (Å²) in [4.78, 5) is 19.8. The van der Waals surface area contributed by atoms with Crippen molar-refractivity contribution in [2.45, 2.75) is 12.1 Å². The van der Waals surface area contributed by atoms with Gasteiger partial charge in [0.2, 0.25) is 0 Å². The topological polar surface area (TPSA) is 67.0 Å². The zero-order valence-corrected chi connectivity index (χ0v) is 15.6. The van der Waals surface area contributed by atoms with Crippen molar-refractivity contribution in [1.29, 1.82) is 0 Å². The van der Waals surface area contributed by atoms with E-state index in [9.17, 15) is 4.79 Å². The van der Waals surface area contributed by atoms with Gasteiger partial charge in [0.15, 0.2) is 5.16 Å². The predicted molar refractivity (Wildman–Crippen MR) is 105 cm³/mol. The Morgan fingerprint density at radius 2 is 2.04 bits per heavy atom. The van der Waals surface area contributed by atoms with Crippen molar-refractivity contribution in [1.82, 2.24) is 15.3 Å². The Morgan fingerprint density at radius 1 is 1.23 bits per heavy atom. The standard InChI is InChI=1S/C20H21N3O2S/c1-14-6-8-15(9-7-14)18-13-22-20(23-18)26-11-10-21-19(24)16-4-3-5-17(12-16)25-2/h3-9,12-13H,10-11H2,1-2H3,(H,21,24)(H,22,23). The number of nitrogens with one attached hydrogen (secondary N) is 2. The smallest absolute Gasteiger partial charge is 0.251 e. The monoisotopic (exact) mass is 367 g/mol. The average Bonchev–Trinajstić information content (AvgIpc) is 3.14. The lowest BCUT2D eigenvalue weighted by atomic mass is 10.1. The molecule has 3 aromatic rings. The van der Waals surface area contributed by atoms with Crippen LogP contribution in [-0.4, -0.2) is 35.3 Å². The molecule has 0 saturated carbocycles. The van der Waals surface area contributed by atoms with Gasteiger partial charge in [-0.05, 0) is 30.7 Å². The molecule has 5 nitrogen and oxygen atoms in total. The number of aromatic nitrogens is 2. The van der Waals surface area contributed by atoms with Crippen LogP contribution in [0.2, 0.25) is 0 Å². The maximum absolute atomic E-state index is 12.1. The van der Waals surface area contributed by atoms with Gasteiger partial charge in [0.1, 0.15) is 5.75 Å². The van der Waals surface area contributed by atoms with Crippen LogP contribution < -0.4 is 10.1 Å². The van der Waals surface area contributed by atoms with Gasteiger partial charge in [0, 0.05) is 17.9 Å². The fraction of sp³-hybridized carbons (Fsp3) is 0.200. The first-order chi connectivity index (χ1) is 12.7. The summed E-state index contributed by atoms with van der Waals surface area (Å²) in [5.74, 6) is 1.30. The zero-order valence-electron chi connectivity index (χ0n) is 14.8. The van der Waals surface area contributed by atoms with E-state index < -0.39 is 0 Å².